The van der Waals surface area contributed by atoms with Gasteiger partial charge < -0.3 is 9.16 Å². The Kier molecular flexibility index (Phi) is 11.0. The minimum Gasteiger partial charge on any atom is -0.469 e. The SMILES string of the molecule is C#C/C=C/C=C/C(C)C(CC#CCCC(=O)OC)O[Si](C)(C)C(C)(C)C. The fourth-order valence-electron chi connectivity index (χ4n) is 1.89. The molecule has 0 aliphatic heterocycles. The first kappa shape index (κ1) is 24.2. The summed E-state index contributed by atoms with van der Waals surface area (Å²) >= 11 is 0. The lowest BCUT2D eigenvalue weighted by Gasteiger charge is -2.40. The van der Waals surface area contributed by atoms with Crippen LogP contribution in [0.25, 0.3) is 0 Å². The van der Waals surface area contributed by atoms with Crippen molar-refractivity contribution in [2.75, 3.05) is 7.11 Å². The molecule has 2 unspecified atom stereocenters. The molecule has 0 aliphatic rings. The third kappa shape index (κ3) is 9.66. The minimum atomic E-state index is -1.90. The van der Waals surface area contributed by atoms with E-state index in [4.69, 9.17) is 10.8 Å². The minimum absolute atomic E-state index is 0.0111. The van der Waals surface area contributed by atoms with E-state index in [1.807, 2.05) is 12.2 Å². The molecule has 2 atom stereocenters. The summed E-state index contributed by atoms with van der Waals surface area (Å²) in [4.78, 5) is 11.1. The average molecular weight is 375 g/mol. The zero-order valence-corrected chi connectivity index (χ0v) is 18.4. The van der Waals surface area contributed by atoms with Gasteiger partial charge in [0.25, 0.3) is 0 Å². The number of esters is 1. The molecule has 0 rings (SSSR count). The number of rotatable bonds is 8. The molecule has 26 heavy (non-hydrogen) atoms. The van der Waals surface area contributed by atoms with Crippen molar-refractivity contribution in [2.24, 2.45) is 5.92 Å². The molecule has 0 saturated carbocycles. The molecule has 0 heterocycles. The van der Waals surface area contributed by atoms with Crippen molar-refractivity contribution in [3.63, 3.8) is 0 Å². The van der Waals surface area contributed by atoms with E-state index in [2.05, 4.69) is 69.4 Å². The van der Waals surface area contributed by atoms with Gasteiger partial charge in [0.2, 0.25) is 0 Å². The van der Waals surface area contributed by atoms with Crippen molar-refractivity contribution >= 4 is 14.3 Å². The van der Waals surface area contributed by atoms with Crippen LogP contribution in [0.1, 0.15) is 47.0 Å². The highest BCUT2D eigenvalue weighted by molar-refractivity contribution is 6.74. The second-order valence-corrected chi connectivity index (χ2v) is 12.6. The van der Waals surface area contributed by atoms with Gasteiger partial charge in [-0.25, -0.2) is 0 Å². The maximum absolute atomic E-state index is 11.1. The average Bonchev–Trinajstić information content (AvgIpc) is 2.55. The molecule has 0 spiro atoms. The van der Waals surface area contributed by atoms with Crippen LogP contribution in [0.15, 0.2) is 24.3 Å². The molecule has 4 heteroatoms. The first-order valence-electron chi connectivity index (χ1n) is 9.05. The molecule has 0 fully saturated rings. The Balaban J connectivity index is 5.08. The number of hydrogen-bond acceptors (Lipinski definition) is 3. The number of carbonyl (C=O) groups is 1. The largest absolute Gasteiger partial charge is 0.469 e. The maximum Gasteiger partial charge on any atom is 0.306 e. The first-order valence-corrected chi connectivity index (χ1v) is 12.0. The summed E-state index contributed by atoms with van der Waals surface area (Å²) in [6.07, 6.45) is 14.3. The van der Waals surface area contributed by atoms with E-state index in [1.54, 1.807) is 6.08 Å². The van der Waals surface area contributed by atoms with Gasteiger partial charge in [0.15, 0.2) is 8.32 Å². The molecule has 0 aromatic heterocycles. The van der Waals surface area contributed by atoms with Gasteiger partial charge in [0.1, 0.15) is 0 Å². The molecule has 144 valence electrons. The van der Waals surface area contributed by atoms with Crippen LogP contribution >= 0.6 is 0 Å². The highest BCUT2D eigenvalue weighted by Gasteiger charge is 2.39. The van der Waals surface area contributed by atoms with Gasteiger partial charge in [-0.05, 0) is 24.2 Å². The lowest BCUT2D eigenvalue weighted by molar-refractivity contribution is -0.140. The third-order valence-corrected chi connectivity index (χ3v) is 9.17. The van der Waals surface area contributed by atoms with Crippen LogP contribution in [0.3, 0.4) is 0 Å². The highest BCUT2D eigenvalue weighted by atomic mass is 28.4. The van der Waals surface area contributed by atoms with E-state index in [1.165, 1.54) is 7.11 Å². The molecule has 0 aromatic carbocycles. The number of allylic oxidation sites excluding steroid dienone is 3. The monoisotopic (exact) mass is 374 g/mol. The molecule has 0 aromatic rings. The van der Waals surface area contributed by atoms with Crippen LogP contribution in [0.2, 0.25) is 18.1 Å². The van der Waals surface area contributed by atoms with E-state index >= 15 is 0 Å². The second-order valence-electron chi connectivity index (χ2n) is 7.82. The predicted molar refractivity (Wildman–Crippen MR) is 112 cm³/mol. The van der Waals surface area contributed by atoms with Crippen molar-refractivity contribution in [1.82, 2.24) is 0 Å². The van der Waals surface area contributed by atoms with Crippen molar-refractivity contribution in [3.05, 3.63) is 24.3 Å². The molecule has 0 radical (unpaired) electrons. The second kappa shape index (κ2) is 11.8. The maximum atomic E-state index is 11.1. The summed E-state index contributed by atoms with van der Waals surface area (Å²) in [7, 11) is -0.513. The summed E-state index contributed by atoms with van der Waals surface area (Å²) in [6.45, 7) is 13.3. The Hall–Kier alpha value is -1.75. The van der Waals surface area contributed by atoms with Crippen LogP contribution in [0.5, 0.6) is 0 Å². The molecule has 0 saturated heterocycles. The lowest BCUT2D eigenvalue weighted by Crippen LogP contribution is -2.45. The van der Waals surface area contributed by atoms with E-state index in [0.717, 1.165) is 0 Å². The molecule has 0 bridgehead atoms. The van der Waals surface area contributed by atoms with Gasteiger partial charge in [-0.1, -0.05) is 51.8 Å². The molecule has 0 amide bonds. The highest BCUT2D eigenvalue weighted by Crippen LogP contribution is 2.38. The Morgan fingerprint density at radius 3 is 2.42 bits per heavy atom. The third-order valence-electron chi connectivity index (χ3n) is 4.67. The summed E-state index contributed by atoms with van der Waals surface area (Å²) in [5.74, 6) is 8.69. The lowest BCUT2D eigenvalue weighted by atomic mass is 10.0. The van der Waals surface area contributed by atoms with Crippen molar-refractivity contribution in [1.29, 1.82) is 0 Å². The molecule has 3 nitrogen and oxygen atoms in total. The Bertz CT molecular complexity index is 592. The van der Waals surface area contributed by atoms with Crippen molar-refractivity contribution in [2.45, 2.75) is 71.2 Å². The normalized spacial score (nSPS) is 14.5. The fourth-order valence-corrected chi connectivity index (χ4v) is 3.30. The summed E-state index contributed by atoms with van der Waals surface area (Å²) < 4.78 is 11.2. The Morgan fingerprint density at radius 1 is 1.23 bits per heavy atom. The van der Waals surface area contributed by atoms with Gasteiger partial charge in [-0.15, -0.1) is 18.3 Å². The van der Waals surface area contributed by atoms with E-state index in [9.17, 15) is 4.79 Å². The number of terminal acetylenes is 1. The number of carbonyl (C=O) groups excluding carboxylic acids is 1. The van der Waals surface area contributed by atoms with Gasteiger partial charge in [0.05, 0.1) is 19.6 Å². The Labute approximate surface area is 161 Å². The predicted octanol–water partition coefficient (Wildman–Crippen LogP) is 5.11. The van der Waals surface area contributed by atoms with Crippen LogP contribution in [0.4, 0.5) is 0 Å². The molecular formula is C22H34O3Si. The zero-order valence-electron chi connectivity index (χ0n) is 17.4. The van der Waals surface area contributed by atoms with E-state index in [-0.39, 0.29) is 23.0 Å². The number of methoxy groups -OCH3 is 1. The van der Waals surface area contributed by atoms with Gasteiger partial charge in [-0.3, -0.25) is 4.79 Å². The van der Waals surface area contributed by atoms with E-state index < -0.39 is 8.32 Å². The summed E-state index contributed by atoms with van der Waals surface area (Å²) in [5.41, 5.74) is 0. The fraction of sp³-hybridized carbons (Fsp3) is 0.591. The first-order chi connectivity index (χ1) is 12.0. The summed E-state index contributed by atoms with van der Waals surface area (Å²) in [6, 6.07) is 0. The van der Waals surface area contributed by atoms with Gasteiger partial charge in [0, 0.05) is 18.8 Å². The number of hydrogen-bond donors (Lipinski definition) is 0. The van der Waals surface area contributed by atoms with E-state index in [0.29, 0.717) is 19.3 Å². The molecule has 0 aliphatic carbocycles. The smallest absolute Gasteiger partial charge is 0.306 e. The van der Waals surface area contributed by atoms with Crippen LogP contribution in [-0.2, 0) is 14.0 Å². The quantitative estimate of drug-likeness (QED) is 0.256. The number of ether oxygens (including phenoxy) is 1. The van der Waals surface area contributed by atoms with Crippen LogP contribution < -0.4 is 0 Å². The van der Waals surface area contributed by atoms with Gasteiger partial charge in [-0.2, -0.15) is 0 Å². The molecule has 0 N–H and O–H groups in total. The zero-order chi connectivity index (χ0) is 20.2. The van der Waals surface area contributed by atoms with Crippen molar-refractivity contribution in [3.8, 4) is 24.2 Å². The van der Waals surface area contributed by atoms with Crippen LogP contribution in [-0.4, -0.2) is 27.5 Å². The Morgan fingerprint density at radius 2 is 1.88 bits per heavy atom. The van der Waals surface area contributed by atoms with Crippen LogP contribution in [0, 0.1) is 30.1 Å². The standard InChI is InChI=1S/C22H34O3Si/c1-9-10-11-13-16-19(2)20(25-26(7,8)22(3,4)5)17-14-12-15-18-21(23)24-6/h1,10-11,13,16,19-20H,15,17-18H2,2-8H3/b11-10+,16-13+. The van der Waals surface area contributed by atoms with Gasteiger partial charge >= 0.3 is 5.97 Å². The molecular weight excluding hydrogens is 340 g/mol. The van der Waals surface area contributed by atoms with Crippen molar-refractivity contribution < 1.29 is 14.0 Å². The topological polar surface area (TPSA) is 35.5 Å². The summed E-state index contributed by atoms with van der Waals surface area (Å²) in [5, 5.41) is 0.135.